The van der Waals surface area contributed by atoms with Crippen molar-refractivity contribution in [2.24, 2.45) is 0 Å². The Bertz CT molecular complexity index is 623. The zero-order chi connectivity index (χ0) is 15.7. The van der Waals surface area contributed by atoms with E-state index >= 15 is 0 Å². The van der Waals surface area contributed by atoms with Crippen molar-refractivity contribution < 1.29 is 17.7 Å². The smallest absolute Gasteiger partial charge is 0.233 e. The van der Waals surface area contributed by atoms with E-state index in [1.54, 1.807) is 6.26 Å². The Balaban J connectivity index is 1.57. The molecule has 1 N–H and O–H groups in total. The fourth-order valence-electron chi connectivity index (χ4n) is 2.06. The van der Waals surface area contributed by atoms with E-state index in [0.29, 0.717) is 19.4 Å². The number of rotatable bonds is 10. The first kappa shape index (κ1) is 16.7. The van der Waals surface area contributed by atoms with Crippen LogP contribution in [0.2, 0.25) is 0 Å². The summed E-state index contributed by atoms with van der Waals surface area (Å²) in [6.45, 7) is 0.318. The van der Waals surface area contributed by atoms with Gasteiger partial charge in [-0.3, -0.25) is 4.84 Å². The molecule has 0 fully saturated rings. The first-order valence-corrected chi connectivity index (χ1v) is 8.98. The molecule has 0 radical (unpaired) electrons. The lowest BCUT2D eigenvalue weighted by atomic mass is 10.1. The molecule has 1 heterocycles. The Hall–Kier alpha value is -1.63. The Morgan fingerprint density at radius 3 is 2.55 bits per heavy atom. The molecule has 22 heavy (non-hydrogen) atoms. The van der Waals surface area contributed by atoms with Crippen molar-refractivity contribution >= 4 is 10.0 Å². The van der Waals surface area contributed by atoms with E-state index in [1.807, 2.05) is 42.5 Å². The molecule has 0 saturated heterocycles. The van der Waals surface area contributed by atoms with Gasteiger partial charge in [-0.1, -0.05) is 35.2 Å². The molecule has 1 aromatic carbocycles. The van der Waals surface area contributed by atoms with Gasteiger partial charge in [-0.05, 0) is 37.0 Å². The molecule has 6 heteroatoms. The molecule has 0 aliphatic carbocycles. The molecule has 1 aromatic heterocycles. The van der Waals surface area contributed by atoms with Crippen LogP contribution in [0, 0.1) is 0 Å². The van der Waals surface area contributed by atoms with Crippen LogP contribution in [0.1, 0.15) is 24.2 Å². The standard InChI is InChI=1S/C16H21NO4S/c18-22(19,14-6-9-15-7-2-1-3-8-15)17-21-13-5-11-16-10-4-12-20-16/h1-4,7-8,10,12,17H,5-6,9,11,13-14H2. The van der Waals surface area contributed by atoms with Crippen molar-refractivity contribution in [3.63, 3.8) is 0 Å². The lowest BCUT2D eigenvalue weighted by molar-refractivity contribution is 0.0905. The number of aryl methyl sites for hydroxylation is 2. The average molecular weight is 323 g/mol. The average Bonchev–Trinajstić information content (AvgIpc) is 3.01. The van der Waals surface area contributed by atoms with E-state index < -0.39 is 10.0 Å². The van der Waals surface area contributed by atoms with Gasteiger partial charge in [-0.25, -0.2) is 8.42 Å². The summed E-state index contributed by atoms with van der Waals surface area (Å²) in [5, 5.41) is 0. The minimum Gasteiger partial charge on any atom is -0.469 e. The molecular weight excluding hydrogens is 302 g/mol. The number of nitrogens with one attached hydrogen (secondary N) is 1. The molecule has 0 aliphatic heterocycles. The number of hydrogen-bond acceptors (Lipinski definition) is 4. The lowest BCUT2D eigenvalue weighted by Crippen LogP contribution is -2.27. The predicted molar refractivity (Wildman–Crippen MR) is 84.7 cm³/mol. The monoisotopic (exact) mass is 323 g/mol. The van der Waals surface area contributed by atoms with E-state index in [-0.39, 0.29) is 5.75 Å². The van der Waals surface area contributed by atoms with Gasteiger partial charge in [0.2, 0.25) is 10.0 Å². The zero-order valence-electron chi connectivity index (χ0n) is 12.4. The topological polar surface area (TPSA) is 68.5 Å². The first-order chi connectivity index (χ1) is 10.7. The summed E-state index contributed by atoms with van der Waals surface area (Å²) < 4.78 is 28.7. The van der Waals surface area contributed by atoms with Crippen LogP contribution in [0.5, 0.6) is 0 Å². The lowest BCUT2D eigenvalue weighted by Gasteiger charge is -2.07. The largest absolute Gasteiger partial charge is 0.469 e. The summed E-state index contributed by atoms with van der Waals surface area (Å²) in [5.41, 5.74) is 1.14. The molecule has 0 bridgehead atoms. The van der Waals surface area contributed by atoms with Crippen molar-refractivity contribution in [2.45, 2.75) is 25.7 Å². The van der Waals surface area contributed by atoms with Crippen LogP contribution in [0.3, 0.4) is 0 Å². The van der Waals surface area contributed by atoms with Crippen LogP contribution in [-0.2, 0) is 27.7 Å². The van der Waals surface area contributed by atoms with Crippen molar-refractivity contribution in [1.82, 2.24) is 4.89 Å². The van der Waals surface area contributed by atoms with Gasteiger partial charge in [-0.15, -0.1) is 0 Å². The SMILES string of the molecule is O=S(=O)(CCCc1ccccc1)NOCCCc1ccco1. The Morgan fingerprint density at radius 1 is 1.00 bits per heavy atom. The number of benzene rings is 1. The summed E-state index contributed by atoms with van der Waals surface area (Å²) >= 11 is 0. The highest BCUT2D eigenvalue weighted by Crippen LogP contribution is 2.05. The molecule has 0 spiro atoms. The van der Waals surface area contributed by atoms with Gasteiger partial charge in [0.15, 0.2) is 0 Å². The maximum atomic E-state index is 11.8. The predicted octanol–water partition coefficient (Wildman–Crippen LogP) is 2.70. The van der Waals surface area contributed by atoms with E-state index in [9.17, 15) is 8.42 Å². The molecule has 0 atom stereocenters. The maximum absolute atomic E-state index is 11.8. The van der Waals surface area contributed by atoms with Crippen molar-refractivity contribution in [3.05, 3.63) is 60.1 Å². The molecule has 0 saturated carbocycles. The molecule has 0 unspecified atom stereocenters. The van der Waals surface area contributed by atoms with Crippen molar-refractivity contribution in [2.75, 3.05) is 12.4 Å². The van der Waals surface area contributed by atoms with Gasteiger partial charge in [-0.2, -0.15) is 0 Å². The third-order valence-electron chi connectivity index (χ3n) is 3.16. The summed E-state index contributed by atoms with van der Waals surface area (Å²) in [5.74, 6) is 0.925. The van der Waals surface area contributed by atoms with Crippen LogP contribution in [0.4, 0.5) is 0 Å². The minimum atomic E-state index is -3.38. The third kappa shape index (κ3) is 6.43. The fraction of sp³-hybridized carbons (Fsp3) is 0.375. The van der Waals surface area contributed by atoms with E-state index in [4.69, 9.17) is 9.25 Å². The molecule has 0 amide bonds. The van der Waals surface area contributed by atoms with Gasteiger partial charge in [0.1, 0.15) is 5.76 Å². The summed E-state index contributed by atoms with van der Waals surface area (Å²) in [7, 11) is -3.38. The Kier molecular flexibility index (Phi) is 6.64. The van der Waals surface area contributed by atoms with Crippen LogP contribution in [0.15, 0.2) is 53.1 Å². The van der Waals surface area contributed by atoms with Gasteiger partial charge in [0, 0.05) is 6.42 Å². The van der Waals surface area contributed by atoms with E-state index in [0.717, 1.165) is 24.2 Å². The van der Waals surface area contributed by atoms with Crippen LogP contribution in [0.25, 0.3) is 0 Å². The zero-order valence-corrected chi connectivity index (χ0v) is 13.2. The number of sulfonamides is 1. The Labute approximate surface area is 131 Å². The fourth-order valence-corrected chi connectivity index (χ4v) is 2.93. The van der Waals surface area contributed by atoms with Crippen LogP contribution >= 0.6 is 0 Å². The van der Waals surface area contributed by atoms with E-state index in [2.05, 4.69) is 4.89 Å². The summed E-state index contributed by atoms with van der Waals surface area (Å²) in [6, 6.07) is 13.5. The normalized spacial score (nSPS) is 11.6. The van der Waals surface area contributed by atoms with Gasteiger partial charge >= 0.3 is 0 Å². The molecule has 2 rings (SSSR count). The van der Waals surface area contributed by atoms with Gasteiger partial charge in [0.05, 0.1) is 18.6 Å². The van der Waals surface area contributed by atoms with Crippen molar-refractivity contribution in [3.8, 4) is 0 Å². The highest BCUT2D eigenvalue weighted by atomic mass is 32.2. The van der Waals surface area contributed by atoms with Crippen LogP contribution in [-0.4, -0.2) is 20.8 Å². The Morgan fingerprint density at radius 2 is 1.82 bits per heavy atom. The second-order valence-electron chi connectivity index (χ2n) is 5.02. The van der Waals surface area contributed by atoms with Gasteiger partial charge in [0.25, 0.3) is 0 Å². The maximum Gasteiger partial charge on any atom is 0.233 e. The first-order valence-electron chi connectivity index (χ1n) is 7.33. The summed E-state index contributed by atoms with van der Waals surface area (Å²) in [4.78, 5) is 7.19. The van der Waals surface area contributed by atoms with E-state index in [1.165, 1.54) is 0 Å². The third-order valence-corrected chi connectivity index (χ3v) is 4.35. The number of furan rings is 1. The quantitative estimate of drug-likeness (QED) is 0.539. The molecular formula is C16H21NO4S. The summed E-state index contributed by atoms with van der Waals surface area (Å²) in [6.07, 6.45) is 4.34. The molecule has 2 aromatic rings. The highest BCUT2D eigenvalue weighted by molar-refractivity contribution is 7.89. The minimum absolute atomic E-state index is 0.0556. The molecule has 5 nitrogen and oxygen atoms in total. The second-order valence-corrected chi connectivity index (χ2v) is 6.83. The molecule has 0 aliphatic rings. The highest BCUT2D eigenvalue weighted by Gasteiger charge is 2.10. The molecule has 120 valence electrons. The second kappa shape index (κ2) is 8.73. The van der Waals surface area contributed by atoms with Crippen LogP contribution < -0.4 is 4.89 Å². The van der Waals surface area contributed by atoms with Crippen molar-refractivity contribution in [1.29, 1.82) is 0 Å². The number of hydrogen-bond donors (Lipinski definition) is 1. The van der Waals surface area contributed by atoms with Gasteiger partial charge < -0.3 is 4.42 Å².